The maximum atomic E-state index is 12.9. The lowest BCUT2D eigenvalue weighted by Crippen LogP contribution is -2.51. The first-order valence-corrected chi connectivity index (χ1v) is 15.1. The van der Waals surface area contributed by atoms with Gasteiger partial charge in [0.25, 0.3) is 5.91 Å². The molecule has 13 heteroatoms. The lowest BCUT2D eigenvalue weighted by atomic mass is 10.0. The van der Waals surface area contributed by atoms with Crippen molar-refractivity contribution < 1.29 is 23.4 Å². The Morgan fingerprint density at radius 3 is 2.56 bits per heavy atom. The molecule has 1 saturated heterocycles. The molecule has 0 bridgehead atoms. The van der Waals surface area contributed by atoms with Crippen LogP contribution >= 0.6 is 11.3 Å². The maximum absolute atomic E-state index is 12.9. The van der Waals surface area contributed by atoms with Gasteiger partial charge in [-0.1, -0.05) is 13.0 Å². The van der Waals surface area contributed by atoms with Crippen molar-refractivity contribution in [1.82, 2.24) is 24.3 Å². The van der Waals surface area contributed by atoms with Gasteiger partial charge in [0, 0.05) is 35.9 Å². The molecule has 1 aliphatic heterocycles. The fourth-order valence-electron chi connectivity index (χ4n) is 5.81. The summed E-state index contributed by atoms with van der Waals surface area (Å²) >= 11 is 1.04. The summed E-state index contributed by atoms with van der Waals surface area (Å²) in [5.74, 6) is -1.71. The Balaban J connectivity index is 1.28. The molecule has 1 atom stereocenters. The number of nitriles is 1. The van der Waals surface area contributed by atoms with E-state index in [-0.39, 0.29) is 16.6 Å². The molecule has 4 aromatic rings. The largest absolute Gasteiger partial charge is 0.393 e. The summed E-state index contributed by atoms with van der Waals surface area (Å²) in [5, 5.41) is 37.0. The van der Waals surface area contributed by atoms with Gasteiger partial charge < -0.3 is 15.5 Å². The molecule has 230 valence electrons. The highest BCUT2D eigenvalue weighted by Crippen LogP contribution is 2.34. The van der Waals surface area contributed by atoms with Crippen molar-refractivity contribution >= 4 is 38.3 Å². The van der Waals surface area contributed by atoms with E-state index in [2.05, 4.69) is 26.3 Å². The highest BCUT2D eigenvalue weighted by atomic mass is 32.1. The van der Waals surface area contributed by atoms with Gasteiger partial charge in [0.2, 0.25) is 0 Å². The molecule has 1 aliphatic rings. The molecule has 0 radical (unpaired) electrons. The Morgan fingerprint density at radius 2 is 1.91 bits per heavy atom. The summed E-state index contributed by atoms with van der Waals surface area (Å²) < 4.78 is 40.0. The zero-order chi connectivity index (χ0) is 31.1. The molecule has 1 fully saturated rings. The highest BCUT2D eigenvalue weighted by molar-refractivity contribution is 7.18. The third-order valence-corrected chi connectivity index (χ3v) is 9.65. The number of hydrogen-bond donors (Lipinski definition) is 3. The van der Waals surface area contributed by atoms with Crippen LogP contribution in [0.3, 0.4) is 0 Å². The molecule has 0 saturated carbocycles. The van der Waals surface area contributed by atoms with E-state index < -0.39 is 24.6 Å². The average molecular weight is 616 g/mol. The van der Waals surface area contributed by atoms with E-state index in [1.54, 1.807) is 20.0 Å². The van der Waals surface area contributed by atoms with E-state index in [1.807, 2.05) is 30.9 Å². The lowest BCUT2D eigenvalue weighted by molar-refractivity contribution is -0.261. The summed E-state index contributed by atoms with van der Waals surface area (Å²) in [4.78, 5) is 13.4. The van der Waals surface area contributed by atoms with Gasteiger partial charge in [-0.25, -0.2) is 9.97 Å². The first-order chi connectivity index (χ1) is 20.3. The van der Waals surface area contributed by atoms with Crippen LogP contribution in [-0.2, 0) is 18.9 Å². The maximum Gasteiger partial charge on any atom is 0.393 e. The fourth-order valence-corrected chi connectivity index (χ4v) is 6.83. The number of benzene rings is 1. The number of fused-ring (bicyclic) bond motifs is 2. The smallest absolute Gasteiger partial charge is 0.367 e. The second-order valence-electron chi connectivity index (χ2n) is 11.3. The Labute approximate surface area is 252 Å². The van der Waals surface area contributed by atoms with Crippen LogP contribution in [-0.4, -0.2) is 79.5 Å². The van der Waals surface area contributed by atoms with E-state index in [0.717, 1.165) is 53.8 Å². The molecule has 1 unspecified atom stereocenters. The van der Waals surface area contributed by atoms with Crippen molar-refractivity contribution in [3.8, 4) is 6.07 Å². The van der Waals surface area contributed by atoms with Crippen LogP contribution in [0, 0.1) is 18.3 Å². The van der Waals surface area contributed by atoms with Crippen molar-refractivity contribution in [2.24, 2.45) is 0 Å². The van der Waals surface area contributed by atoms with Crippen LogP contribution in [0.15, 0.2) is 30.6 Å². The van der Waals surface area contributed by atoms with Crippen LogP contribution in [0.25, 0.3) is 21.1 Å². The number of aromatic nitrogens is 3. The summed E-state index contributed by atoms with van der Waals surface area (Å²) in [5.41, 5.74) is 2.84. The summed E-state index contributed by atoms with van der Waals surface area (Å²) in [6, 6.07) is 8.68. The van der Waals surface area contributed by atoms with Gasteiger partial charge in [-0.05, 0) is 69.6 Å². The van der Waals surface area contributed by atoms with Crippen molar-refractivity contribution in [1.29, 1.82) is 5.26 Å². The van der Waals surface area contributed by atoms with E-state index in [4.69, 9.17) is 0 Å². The number of halogens is 3. The minimum Gasteiger partial charge on any atom is -0.367 e. The molecular formula is C30H36F3N7O2S. The van der Waals surface area contributed by atoms with Crippen molar-refractivity contribution in [2.75, 3.05) is 32.0 Å². The highest BCUT2D eigenvalue weighted by Gasteiger charge is 2.38. The molecule has 43 heavy (non-hydrogen) atoms. The summed E-state index contributed by atoms with van der Waals surface area (Å²) in [6.07, 6.45) is -2.19. The number of nitrogens with one attached hydrogen (secondary N) is 1. The normalized spacial score (nSPS) is 16.3. The second-order valence-corrected chi connectivity index (χ2v) is 12.5. The topological polar surface area (TPSA) is 113 Å². The van der Waals surface area contributed by atoms with Crippen LogP contribution in [0.5, 0.6) is 0 Å². The fraction of sp³-hybridized carbons (Fsp3) is 0.500. The van der Waals surface area contributed by atoms with Crippen LogP contribution in [0.1, 0.15) is 48.4 Å². The van der Waals surface area contributed by atoms with Gasteiger partial charge in [0.05, 0.1) is 23.4 Å². The number of aliphatic hydroxyl groups is 2. The number of thiophene rings is 1. The van der Waals surface area contributed by atoms with Gasteiger partial charge in [-0.3, -0.25) is 14.4 Å². The number of likely N-dealkylation sites (N-methyl/N-ethyl adjacent to an activating group) is 1. The molecule has 0 spiro atoms. The quantitative estimate of drug-likeness (QED) is 0.227. The van der Waals surface area contributed by atoms with Gasteiger partial charge in [0.1, 0.15) is 28.7 Å². The Morgan fingerprint density at radius 1 is 1.19 bits per heavy atom. The van der Waals surface area contributed by atoms with Gasteiger partial charge in [-0.2, -0.15) is 18.4 Å². The van der Waals surface area contributed by atoms with Crippen molar-refractivity contribution in [2.45, 2.75) is 70.7 Å². The van der Waals surface area contributed by atoms with Crippen LogP contribution < -0.4 is 5.32 Å². The number of alkyl halides is 3. The Kier molecular flexibility index (Phi) is 8.70. The number of nitrogens with zero attached hydrogens (tertiary/aromatic N) is 6. The molecule has 9 nitrogen and oxygen atoms in total. The minimum atomic E-state index is -4.27. The molecular weight excluding hydrogens is 579 g/mol. The summed E-state index contributed by atoms with van der Waals surface area (Å²) in [6.45, 7) is 8.57. The Hall–Kier alpha value is -3.28. The molecule has 3 aromatic heterocycles. The lowest BCUT2D eigenvalue weighted by Gasteiger charge is -2.36. The summed E-state index contributed by atoms with van der Waals surface area (Å²) in [7, 11) is 1.80. The van der Waals surface area contributed by atoms with Gasteiger partial charge in [0.15, 0.2) is 0 Å². The second kappa shape index (κ2) is 12.0. The van der Waals surface area contributed by atoms with Crippen molar-refractivity contribution in [3.05, 3.63) is 52.3 Å². The zero-order valence-electron chi connectivity index (χ0n) is 24.6. The Bertz CT molecular complexity index is 1650. The molecule has 1 aromatic carbocycles. The average Bonchev–Trinajstić information content (AvgIpc) is 3.55. The molecule has 3 N–H and O–H groups in total. The minimum absolute atomic E-state index is 0.126. The predicted molar refractivity (Wildman–Crippen MR) is 161 cm³/mol. The van der Waals surface area contributed by atoms with E-state index in [1.165, 1.54) is 17.0 Å². The van der Waals surface area contributed by atoms with Crippen molar-refractivity contribution in [3.63, 3.8) is 0 Å². The van der Waals surface area contributed by atoms with Gasteiger partial charge in [-0.15, -0.1) is 11.3 Å². The number of hydrogen-bond acceptors (Lipinski definition) is 9. The molecule has 0 amide bonds. The number of piperidine rings is 1. The molecule has 0 aliphatic carbocycles. The van der Waals surface area contributed by atoms with Crippen LogP contribution in [0.2, 0.25) is 0 Å². The third-order valence-electron chi connectivity index (χ3n) is 8.61. The van der Waals surface area contributed by atoms with E-state index in [9.17, 15) is 28.6 Å². The molecule has 4 heterocycles. The first-order valence-electron chi connectivity index (χ1n) is 14.3. The van der Waals surface area contributed by atoms with Crippen LogP contribution in [0.4, 0.5) is 19.0 Å². The standard InChI is InChI=1S/C30H36F3N7O2S/c1-5-38(4)19(3)30(41,42)40-22(15-34)12-24-18(2)20(6-7-26(24)40)16-39-10-8-21(9-11-39)37-27-25-13-23(14-29(31,32)33)43-28(25)36-17-35-27/h6-7,12-13,17,19,21,41-42H,5,8-11,14,16H2,1-4H3,(H,35,36,37). The van der Waals surface area contributed by atoms with Gasteiger partial charge >= 0.3 is 6.18 Å². The zero-order valence-corrected chi connectivity index (χ0v) is 25.4. The molecule has 5 rings (SSSR count). The van der Waals surface area contributed by atoms with E-state index >= 15 is 0 Å². The third kappa shape index (κ3) is 6.34. The number of anilines is 1. The number of aryl methyl sites for hydroxylation is 1. The number of likely N-dealkylation sites (tertiary alicyclic amines) is 1. The first kappa shape index (κ1) is 31.2. The van der Waals surface area contributed by atoms with E-state index in [0.29, 0.717) is 34.6 Å². The monoisotopic (exact) mass is 615 g/mol. The SMILES string of the molecule is CCN(C)C(C)C(O)(O)n1c(C#N)cc2c(C)c(CN3CCC(Nc4ncnc5sc(CC(F)(F)F)cc45)CC3)ccc21. The predicted octanol–water partition coefficient (Wildman–Crippen LogP) is 4.94. The number of rotatable bonds is 9.